The average molecular weight is 633 g/mol. The zero-order valence-corrected chi connectivity index (χ0v) is 25.3. The molecule has 5 heterocycles. The zero-order valence-electron chi connectivity index (χ0n) is 24.4. The van der Waals surface area contributed by atoms with Crippen LogP contribution < -0.4 is 10.1 Å². The van der Waals surface area contributed by atoms with Crippen LogP contribution in [-0.2, 0) is 33.5 Å². The molecule has 0 radical (unpaired) electrons. The maximum Gasteiger partial charge on any atom is 0.287 e. The number of aromatic nitrogens is 3. The van der Waals surface area contributed by atoms with Crippen LogP contribution in [0.1, 0.15) is 15.9 Å². The van der Waals surface area contributed by atoms with Crippen LogP contribution in [0.3, 0.4) is 0 Å². The van der Waals surface area contributed by atoms with Crippen molar-refractivity contribution in [3.8, 4) is 5.75 Å². The number of nitrogens with one attached hydrogen (secondary N) is 1. The summed E-state index contributed by atoms with van der Waals surface area (Å²) < 4.78 is 61.5. The molecule has 236 valence electrons. The second kappa shape index (κ2) is 12.4. The lowest BCUT2D eigenvalue weighted by Crippen LogP contribution is -2.45. The zero-order chi connectivity index (χ0) is 31.0. The van der Waals surface area contributed by atoms with Gasteiger partial charge in [-0.15, -0.1) is 0 Å². The first-order valence-electron chi connectivity index (χ1n) is 14.1. The third kappa shape index (κ3) is 5.87. The van der Waals surface area contributed by atoms with Gasteiger partial charge >= 0.3 is 0 Å². The molecule has 14 nitrogen and oxygen atoms in total. The molecule has 0 saturated carbocycles. The molecule has 0 unspecified atom stereocenters. The van der Waals surface area contributed by atoms with Crippen LogP contribution in [0.4, 0.5) is 15.9 Å². The Kier molecular flexibility index (Phi) is 8.52. The van der Waals surface area contributed by atoms with Gasteiger partial charge in [-0.1, -0.05) is 0 Å². The van der Waals surface area contributed by atoms with Crippen molar-refractivity contribution < 1.29 is 41.9 Å². The van der Waals surface area contributed by atoms with E-state index < -0.39 is 27.6 Å². The van der Waals surface area contributed by atoms with Crippen molar-refractivity contribution in [2.75, 3.05) is 64.0 Å². The molecule has 3 aliphatic rings. The third-order valence-electron chi connectivity index (χ3n) is 8.03. The fourth-order valence-corrected chi connectivity index (χ4v) is 7.46. The van der Waals surface area contributed by atoms with E-state index in [1.165, 1.54) is 42.3 Å². The Hall–Kier alpha value is -3.70. The SMILES string of the molecule is COCC(=O)N1CCS(=O)(=NC(=O)c2cn3ncnc(Nc4ccc(F)cc4O[C@@H]4CO[C@H]5[C@@H]4OC[C@H]5OC)c3c2C)CC1. The number of benzene rings is 1. The molecule has 4 atom stereocenters. The predicted molar refractivity (Wildman–Crippen MR) is 155 cm³/mol. The van der Waals surface area contributed by atoms with Gasteiger partial charge in [-0.2, -0.15) is 9.46 Å². The number of nitrogens with zero attached hydrogens (tertiary/aromatic N) is 5. The van der Waals surface area contributed by atoms with Crippen LogP contribution in [0.2, 0.25) is 0 Å². The number of halogens is 1. The van der Waals surface area contributed by atoms with E-state index in [0.29, 0.717) is 29.2 Å². The largest absolute Gasteiger partial charge is 0.483 e. The molecular weight excluding hydrogens is 599 g/mol. The quantitative estimate of drug-likeness (QED) is 0.385. The first-order valence-corrected chi connectivity index (χ1v) is 15.9. The first-order chi connectivity index (χ1) is 21.2. The Bertz CT molecular complexity index is 1690. The van der Waals surface area contributed by atoms with Gasteiger partial charge in [-0.25, -0.2) is 18.1 Å². The number of hydrogen-bond acceptors (Lipinski definition) is 11. The van der Waals surface area contributed by atoms with Gasteiger partial charge < -0.3 is 33.9 Å². The highest BCUT2D eigenvalue weighted by molar-refractivity contribution is 7.94. The molecule has 2 amide bonds. The maximum atomic E-state index is 14.4. The lowest BCUT2D eigenvalue weighted by Gasteiger charge is -2.28. The summed E-state index contributed by atoms with van der Waals surface area (Å²) >= 11 is 0. The van der Waals surface area contributed by atoms with Crippen LogP contribution in [0.5, 0.6) is 5.75 Å². The van der Waals surface area contributed by atoms with Crippen molar-refractivity contribution in [2.45, 2.75) is 31.3 Å². The first kappa shape index (κ1) is 30.3. The predicted octanol–water partition coefficient (Wildman–Crippen LogP) is 1.58. The van der Waals surface area contributed by atoms with Crippen molar-refractivity contribution in [3.05, 3.63) is 47.7 Å². The van der Waals surface area contributed by atoms with Gasteiger partial charge in [-0.3, -0.25) is 9.59 Å². The standard InChI is InChI=1S/C28H33FN6O8S/c1-16-18(28(37)33-44(38)8-6-34(7-9-44)23(36)14-39-2)11-35-24(16)27(30-15-31-35)32-19-5-4-17(29)10-20(19)43-22-13-42-25-21(40-3)12-41-26(22)25/h4-5,10-11,15,21-22,25-26H,6-9,12-14H2,1-3H3,(H,30,31,32)/t21-,22-,25-,26-/m1/s1. The fraction of sp³-hybridized carbons (Fsp3) is 0.500. The number of amides is 2. The molecule has 0 bridgehead atoms. The van der Waals surface area contributed by atoms with E-state index in [1.54, 1.807) is 18.9 Å². The average Bonchev–Trinajstić information content (AvgIpc) is 3.69. The number of methoxy groups -OCH3 is 2. The highest BCUT2D eigenvalue weighted by Gasteiger charge is 2.49. The smallest absolute Gasteiger partial charge is 0.287 e. The van der Waals surface area contributed by atoms with Crippen LogP contribution >= 0.6 is 0 Å². The van der Waals surface area contributed by atoms with Gasteiger partial charge in [0.15, 0.2) is 11.9 Å². The van der Waals surface area contributed by atoms with Crippen molar-refractivity contribution in [1.82, 2.24) is 19.5 Å². The van der Waals surface area contributed by atoms with Crippen molar-refractivity contribution in [1.29, 1.82) is 0 Å². The van der Waals surface area contributed by atoms with Crippen LogP contribution in [-0.4, -0.2) is 119 Å². The fourth-order valence-electron chi connectivity index (χ4n) is 5.66. The van der Waals surface area contributed by atoms with E-state index in [4.69, 9.17) is 23.7 Å². The maximum absolute atomic E-state index is 14.4. The monoisotopic (exact) mass is 632 g/mol. The molecule has 0 aliphatic carbocycles. The Morgan fingerprint density at radius 3 is 2.61 bits per heavy atom. The second-order valence-corrected chi connectivity index (χ2v) is 13.3. The number of anilines is 2. The molecule has 3 saturated heterocycles. The Balaban J connectivity index is 1.23. The minimum Gasteiger partial charge on any atom is -0.483 e. The summed E-state index contributed by atoms with van der Waals surface area (Å²) in [4.78, 5) is 31.3. The molecule has 16 heteroatoms. The molecule has 6 rings (SSSR count). The number of ether oxygens (including phenoxy) is 5. The number of carbonyl (C=O) groups excluding carboxylic acids is 2. The van der Waals surface area contributed by atoms with E-state index in [1.807, 2.05) is 0 Å². The van der Waals surface area contributed by atoms with Crippen molar-refractivity contribution >= 4 is 38.6 Å². The lowest BCUT2D eigenvalue weighted by molar-refractivity contribution is -0.134. The number of aryl methyl sites for hydroxylation is 1. The number of fused-ring (bicyclic) bond motifs is 2. The summed E-state index contributed by atoms with van der Waals surface area (Å²) in [6.07, 6.45) is 1.49. The van der Waals surface area contributed by atoms with Gasteiger partial charge in [0.1, 0.15) is 48.3 Å². The van der Waals surface area contributed by atoms with E-state index in [2.05, 4.69) is 19.8 Å². The highest BCUT2D eigenvalue weighted by Crippen LogP contribution is 2.36. The summed E-state index contributed by atoms with van der Waals surface area (Å²) in [6.45, 7) is 2.73. The van der Waals surface area contributed by atoms with Crippen LogP contribution in [0, 0.1) is 12.7 Å². The normalized spacial score (nSPS) is 24.3. The Labute approximate surface area is 252 Å². The number of hydrogen-bond donors (Lipinski definition) is 1. The minimum absolute atomic E-state index is 0.0596. The molecule has 44 heavy (non-hydrogen) atoms. The third-order valence-corrected chi connectivity index (χ3v) is 10.2. The summed E-state index contributed by atoms with van der Waals surface area (Å²) in [5.74, 6) is -0.602. The number of carbonyl (C=O) groups is 2. The summed E-state index contributed by atoms with van der Waals surface area (Å²) in [5, 5.41) is 7.43. The Morgan fingerprint density at radius 1 is 1.16 bits per heavy atom. The molecule has 1 aromatic carbocycles. The Morgan fingerprint density at radius 2 is 1.89 bits per heavy atom. The molecule has 3 fully saturated rings. The molecular formula is C28H33FN6O8S. The number of rotatable bonds is 8. The summed E-state index contributed by atoms with van der Waals surface area (Å²) in [7, 11) is 0.165. The van der Waals surface area contributed by atoms with Gasteiger partial charge in [-0.05, 0) is 24.6 Å². The molecule has 3 aliphatic heterocycles. The highest BCUT2D eigenvalue weighted by atomic mass is 32.2. The topological polar surface area (TPSA) is 155 Å². The van der Waals surface area contributed by atoms with E-state index in [9.17, 15) is 18.2 Å². The summed E-state index contributed by atoms with van der Waals surface area (Å²) in [5.41, 5.74) is 1.62. The molecule has 3 aromatic rings. The lowest BCUT2D eigenvalue weighted by atomic mass is 10.1. The van der Waals surface area contributed by atoms with Crippen LogP contribution in [0.25, 0.3) is 5.52 Å². The minimum atomic E-state index is -2.87. The van der Waals surface area contributed by atoms with E-state index in [0.717, 1.165) is 0 Å². The molecule has 2 aromatic heterocycles. The van der Waals surface area contributed by atoms with Gasteiger partial charge in [0.2, 0.25) is 5.91 Å². The van der Waals surface area contributed by atoms with Crippen molar-refractivity contribution in [3.63, 3.8) is 0 Å². The molecule has 0 spiro atoms. The van der Waals surface area contributed by atoms with E-state index >= 15 is 0 Å². The van der Waals surface area contributed by atoms with Gasteiger partial charge in [0.05, 0.1) is 34.2 Å². The van der Waals surface area contributed by atoms with E-state index in [-0.39, 0.29) is 73.3 Å². The molecule has 1 N–H and O–H groups in total. The summed E-state index contributed by atoms with van der Waals surface area (Å²) in [6, 6.07) is 4.08. The van der Waals surface area contributed by atoms with Crippen molar-refractivity contribution in [2.24, 2.45) is 4.36 Å². The van der Waals surface area contributed by atoms with Crippen LogP contribution in [0.15, 0.2) is 35.1 Å². The van der Waals surface area contributed by atoms with Gasteiger partial charge in [0.25, 0.3) is 5.91 Å². The second-order valence-electron chi connectivity index (χ2n) is 10.8. The van der Waals surface area contributed by atoms with Gasteiger partial charge in [0, 0.05) is 51.1 Å².